The average molecular weight is 401 g/mol. The second-order valence-corrected chi connectivity index (χ2v) is 8.05. The Morgan fingerprint density at radius 2 is 1.63 bits per heavy atom. The van der Waals surface area contributed by atoms with Gasteiger partial charge in [0.2, 0.25) is 0 Å². The number of aryl methyl sites for hydroxylation is 1. The first-order valence-electron chi connectivity index (χ1n) is 11.0. The van der Waals surface area contributed by atoms with Crippen molar-refractivity contribution in [2.45, 2.75) is 44.3 Å². The fourth-order valence-electron chi connectivity index (χ4n) is 4.67. The van der Waals surface area contributed by atoms with E-state index in [4.69, 9.17) is 4.74 Å². The number of benzene rings is 3. The lowest BCUT2D eigenvalue weighted by atomic mass is 9.82. The van der Waals surface area contributed by atoms with Crippen LogP contribution < -0.4 is 15.4 Å². The fraction of sp³-hybridized carbons (Fsp3) is 0.333. The summed E-state index contributed by atoms with van der Waals surface area (Å²) in [6.07, 6.45) is 2.16. The molecular formula is C27H32N2O. The van der Waals surface area contributed by atoms with Gasteiger partial charge in [-0.15, -0.1) is 0 Å². The van der Waals surface area contributed by atoms with Gasteiger partial charge in [0.1, 0.15) is 5.75 Å². The molecule has 3 aromatic carbocycles. The molecule has 0 saturated carbocycles. The molecule has 3 heteroatoms. The Hall–Kier alpha value is -2.62. The van der Waals surface area contributed by atoms with E-state index in [1.54, 1.807) is 7.11 Å². The summed E-state index contributed by atoms with van der Waals surface area (Å²) in [5, 5.41) is 7.65. The number of rotatable bonds is 8. The minimum absolute atomic E-state index is 0.316. The molecule has 1 fully saturated rings. The van der Waals surface area contributed by atoms with Crippen molar-refractivity contribution in [3.05, 3.63) is 101 Å². The maximum atomic E-state index is 5.62. The van der Waals surface area contributed by atoms with E-state index in [1.807, 2.05) is 0 Å². The molecule has 156 valence electrons. The van der Waals surface area contributed by atoms with Crippen molar-refractivity contribution in [3.63, 3.8) is 0 Å². The van der Waals surface area contributed by atoms with Gasteiger partial charge in [0, 0.05) is 30.1 Å². The summed E-state index contributed by atoms with van der Waals surface area (Å²) >= 11 is 0. The van der Waals surface area contributed by atoms with Crippen molar-refractivity contribution in [1.29, 1.82) is 0 Å². The van der Waals surface area contributed by atoms with Crippen molar-refractivity contribution >= 4 is 0 Å². The van der Waals surface area contributed by atoms with Gasteiger partial charge in [-0.2, -0.15) is 0 Å². The van der Waals surface area contributed by atoms with Crippen LogP contribution in [-0.2, 0) is 13.0 Å². The molecule has 30 heavy (non-hydrogen) atoms. The molecule has 0 amide bonds. The largest absolute Gasteiger partial charge is 0.496 e. The normalized spacial score (nSPS) is 18.6. The van der Waals surface area contributed by atoms with Crippen LogP contribution in [0, 0.1) is 0 Å². The van der Waals surface area contributed by atoms with Crippen molar-refractivity contribution in [2.75, 3.05) is 13.7 Å². The zero-order chi connectivity index (χ0) is 20.8. The van der Waals surface area contributed by atoms with Gasteiger partial charge >= 0.3 is 0 Å². The van der Waals surface area contributed by atoms with Crippen LogP contribution in [0.25, 0.3) is 0 Å². The van der Waals surface area contributed by atoms with E-state index in [0.29, 0.717) is 18.0 Å². The highest BCUT2D eigenvalue weighted by Gasteiger charge is 2.35. The highest BCUT2D eigenvalue weighted by Crippen LogP contribution is 2.32. The van der Waals surface area contributed by atoms with Gasteiger partial charge in [-0.05, 0) is 42.1 Å². The van der Waals surface area contributed by atoms with Crippen LogP contribution in [0.3, 0.4) is 0 Å². The van der Waals surface area contributed by atoms with E-state index in [-0.39, 0.29) is 0 Å². The third kappa shape index (κ3) is 4.58. The summed E-state index contributed by atoms with van der Waals surface area (Å²) in [6, 6.07) is 29.0. The Kier molecular flexibility index (Phi) is 6.83. The van der Waals surface area contributed by atoms with Crippen molar-refractivity contribution in [3.8, 4) is 5.75 Å². The predicted molar refractivity (Wildman–Crippen MR) is 124 cm³/mol. The third-order valence-corrected chi connectivity index (χ3v) is 6.25. The average Bonchev–Trinajstić information content (AvgIpc) is 3.27. The number of ether oxygens (including phenoxy) is 1. The molecule has 1 aliphatic rings. The molecule has 2 N–H and O–H groups in total. The Morgan fingerprint density at radius 1 is 0.967 bits per heavy atom. The van der Waals surface area contributed by atoms with E-state index >= 15 is 0 Å². The van der Waals surface area contributed by atoms with Crippen LogP contribution in [0.15, 0.2) is 78.9 Å². The van der Waals surface area contributed by atoms with Crippen molar-refractivity contribution in [1.82, 2.24) is 10.6 Å². The molecule has 3 nitrogen and oxygen atoms in total. The second-order valence-electron chi connectivity index (χ2n) is 8.05. The van der Waals surface area contributed by atoms with Gasteiger partial charge in [0.05, 0.1) is 7.11 Å². The molecule has 0 aliphatic carbocycles. The standard InChI is InChI=1S/C27H32N2O/c1-3-20-14-15-25(30-2)23(18-20)19-29-24-16-17-28-27(24)26(21-10-6-4-7-11-21)22-12-8-5-9-13-22/h4-15,18,24,26-29H,3,16-17,19H2,1-2H3/t24-,27+/m1/s1. The zero-order valence-corrected chi connectivity index (χ0v) is 18.0. The Morgan fingerprint density at radius 3 is 2.23 bits per heavy atom. The van der Waals surface area contributed by atoms with E-state index in [0.717, 1.165) is 31.7 Å². The highest BCUT2D eigenvalue weighted by molar-refractivity contribution is 5.38. The van der Waals surface area contributed by atoms with Crippen LogP contribution >= 0.6 is 0 Å². The first-order valence-corrected chi connectivity index (χ1v) is 11.0. The van der Waals surface area contributed by atoms with Crippen LogP contribution in [-0.4, -0.2) is 25.7 Å². The van der Waals surface area contributed by atoms with Gasteiger partial charge < -0.3 is 15.4 Å². The topological polar surface area (TPSA) is 33.3 Å². The van der Waals surface area contributed by atoms with E-state index < -0.39 is 0 Å². The molecule has 0 bridgehead atoms. The van der Waals surface area contributed by atoms with Gasteiger partial charge in [-0.3, -0.25) is 0 Å². The lowest BCUT2D eigenvalue weighted by molar-refractivity contribution is 0.393. The van der Waals surface area contributed by atoms with Gasteiger partial charge in [-0.1, -0.05) is 79.7 Å². The van der Waals surface area contributed by atoms with Crippen LogP contribution in [0.2, 0.25) is 0 Å². The molecule has 0 aromatic heterocycles. The van der Waals surface area contributed by atoms with E-state index in [9.17, 15) is 0 Å². The monoisotopic (exact) mass is 400 g/mol. The fourth-order valence-corrected chi connectivity index (χ4v) is 4.67. The van der Waals surface area contributed by atoms with Gasteiger partial charge in [-0.25, -0.2) is 0 Å². The Labute approximate surface area is 180 Å². The summed E-state index contributed by atoms with van der Waals surface area (Å²) in [6.45, 7) is 4.04. The Balaban J connectivity index is 1.57. The molecule has 3 aromatic rings. The molecule has 0 unspecified atom stereocenters. The lowest BCUT2D eigenvalue weighted by Gasteiger charge is -2.30. The third-order valence-electron chi connectivity index (χ3n) is 6.25. The number of methoxy groups -OCH3 is 1. The minimum Gasteiger partial charge on any atom is -0.496 e. The zero-order valence-electron chi connectivity index (χ0n) is 18.0. The maximum Gasteiger partial charge on any atom is 0.123 e. The number of hydrogen-bond donors (Lipinski definition) is 2. The molecule has 1 saturated heterocycles. The first kappa shape index (κ1) is 20.6. The molecule has 4 rings (SSSR count). The summed E-state index contributed by atoms with van der Waals surface area (Å²) in [5.74, 6) is 1.28. The van der Waals surface area contributed by atoms with Gasteiger partial charge in [0.15, 0.2) is 0 Å². The van der Waals surface area contributed by atoms with Gasteiger partial charge in [0.25, 0.3) is 0 Å². The smallest absolute Gasteiger partial charge is 0.123 e. The quantitative estimate of drug-likeness (QED) is 0.564. The molecule has 0 radical (unpaired) electrons. The second kappa shape index (κ2) is 9.92. The lowest BCUT2D eigenvalue weighted by Crippen LogP contribution is -2.44. The highest BCUT2D eigenvalue weighted by atomic mass is 16.5. The first-order chi connectivity index (χ1) is 14.8. The maximum absolute atomic E-state index is 5.62. The summed E-state index contributed by atoms with van der Waals surface area (Å²) < 4.78 is 5.62. The van der Waals surface area contributed by atoms with E-state index in [1.165, 1.54) is 22.3 Å². The molecule has 1 heterocycles. The molecule has 2 atom stereocenters. The van der Waals surface area contributed by atoms with Crippen LogP contribution in [0.4, 0.5) is 0 Å². The predicted octanol–water partition coefficient (Wildman–Crippen LogP) is 4.91. The molecule has 0 spiro atoms. The van der Waals surface area contributed by atoms with Crippen molar-refractivity contribution in [2.24, 2.45) is 0 Å². The minimum atomic E-state index is 0.316. The number of hydrogen-bond acceptors (Lipinski definition) is 3. The number of nitrogens with one attached hydrogen (secondary N) is 2. The molecular weight excluding hydrogens is 368 g/mol. The SMILES string of the molecule is CCc1ccc(OC)c(CN[C@@H]2CCN[C@@H]2C(c2ccccc2)c2ccccc2)c1. The Bertz CT molecular complexity index is 887. The summed E-state index contributed by atoms with van der Waals surface area (Å²) in [4.78, 5) is 0. The molecule has 1 aliphatic heterocycles. The van der Waals surface area contributed by atoms with E-state index in [2.05, 4.69) is 96.4 Å². The van der Waals surface area contributed by atoms with Crippen LogP contribution in [0.5, 0.6) is 5.75 Å². The van der Waals surface area contributed by atoms with Crippen LogP contribution in [0.1, 0.15) is 41.5 Å². The summed E-state index contributed by atoms with van der Waals surface area (Å²) in [5.41, 5.74) is 5.31. The summed E-state index contributed by atoms with van der Waals surface area (Å²) in [7, 11) is 1.76. The van der Waals surface area contributed by atoms with Crippen molar-refractivity contribution < 1.29 is 4.74 Å².